The molecule has 0 radical (unpaired) electrons. The second kappa shape index (κ2) is 5.02. The van der Waals surface area contributed by atoms with Gasteiger partial charge in [-0.05, 0) is 31.0 Å². The molecule has 2 aromatic rings. The molecule has 0 saturated heterocycles. The molecule has 1 heterocycles. The zero-order valence-electron chi connectivity index (χ0n) is 11.1. The van der Waals surface area contributed by atoms with Crippen LogP contribution < -0.4 is 10.1 Å². The quantitative estimate of drug-likeness (QED) is 0.915. The van der Waals surface area contributed by atoms with Crippen molar-refractivity contribution < 1.29 is 4.74 Å². The zero-order valence-corrected chi connectivity index (χ0v) is 11.9. The van der Waals surface area contributed by atoms with Crippen molar-refractivity contribution >= 4 is 28.2 Å². The first-order valence-electron chi connectivity index (χ1n) is 5.97. The first-order chi connectivity index (χ1) is 8.63. The van der Waals surface area contributed by atoms with Gasteiger partial charge < -0.3 is 10.1 Å². The molecule has 0 aliphatic heterocycles. The van der Waals surface area contributed by atoms with Crippen LogP contribution in [0.25, 0.3) is 10.9 Å². The lowest BCUT2D eigenvalue weighted by atomic mass is 10.0. The Kier molecular flexibility index (Phi) is 3.62. The van der Waals surface area contributed by atoms with Gasteiger partial charge in [-0.2, -0.15) is 0 Å². The van der Waals surface area contributed by atoms with Gasteiger partial charge in [-0.3, -0.25) is 4.98 Å². The molecule has 96 valence electrons. The molecule has 1 N–H and O–H groups in total. The van der Waals surface area contributed by atoms with Crippen LogP contribution in [0.1, 0.15) is 18.2 Å². The van der Waals surface area contributed by atoms with Crippen LogP contribution in [0.15, 0.2) is 12.1 Å². The number of rotatable bonds is 3. The van der Waals surface area contributed by atoms with Crippen molar-refractivity contribution in [2.24, 2.45) is 0 Å². The minimum Gasteiger partial charge on any atom is -0.496 e. The Morgan fingerprint density at radius 1 is 1.39 bits per heavy atom. The number of nitrogens with one attached hydrogen (secondary N) is 1. The molecule has 0 spiro atoms. The Morgan fingerprint density at radius 3 is 2.67 bits per heavy atom. The summed E-state index contributed by atoms with van der Waals surface area (Å²) in [6, 6.07) is 3.70. The van der Waals surface area contributed by atoms with Crippen molar-refractivity contribution in [2.45, 2.75) is 20.3 Å². The predicted molar refractivity (Wildman–Crippen MR) is 77.0 cm³/mol. The smallest absolute Gasteiger partial charge is 0.130 e. The lowest BCUT2D eigenvalue weighted by molar-refractivity contribution is 0.420. The average molecular weight is 265 g/mol. The number of nitrogens with zero attached hydrogens (tertiary/aromatic N) is 1. The fourth-order valence-corrected chi connectivity index (χ4v) is 2.48. The lowest BCUT2D eigenvalue weighted by Crippen LogP contribution is -2.02. The van der Waals surface area contributed by atoms with E-state index in [4.69, 9.17) is 16.3 Å². The van der Waals surface area contributed by atoms with Gasteiger partial charge in [-0.15, -0.1) is 0 Å². The minimum atomic E-state index is 0.650. The van der Waals surface area contributed by atoms with Crippen LogP contribution in [-0.2, 0) is 6.42 Å². The number of methoxy groups -OCH3 is 1. The van der Waals surface area contributed by atoms with Gasteiger partial charge >= 0.3 is 0 Å². The molecule has 0 amide bonds. The monoisotopic (exact) mass is 264 g/mol. The Bertz CT molecular complexity index is 596. The van der Waals surface area contributed by atoms with E-state index < -0.39 is 0 Å². The van der Waals surface area contributed by atoms with Crippen LogP contribution in [0.5, 0.6) is 5.75 Å². The number of hydrogen-bond donors (Lipinski definition) is 1. The first-order valence-corrected chi connectivity index (χ1v) is 6.35. The van der Waals surface area contributed by atoms with Crippen molar-refractivity contribution in [3.8, 4) is 5.75 Å². The highest BCUT2D eigenvalue weighted by Crippen LogP contribution is 2.38. The highest BCUT2D eigenvalue weighted by Gasteiger charge is 2.15. The third-order valence-corrected chi connectivity index (χ3v) is 3.50. The third kappa shape index (κ3) is 1.89. The molecule has 0 bridgehead atoms. The van der Waals surface area contributed by atoms with Gasteiger partial charge in [0.25, 0.3) is 0 Å². The molecular formula is C14H17ClN2O. The highest BCUT2D eigenvalue weighted by molar-refractivity contribution is 6.35. The normalized spacial score (nSPS) is 10.7. The fourth-order valence-electron chi connectivity index (χ4n) is 2.28. The van der Waals surface area contributed by atoms with Crippen molar-refractivity contribution in [3.63, 3.8) is 0 Å². The van der Waals surface area contributed by atoms with Gasteiger partial charge in [0.15, 0.2) is 0 Å². The van der Waals surface area contributed by atoms with Crippen molar-refractivity contribution in [1.82, 2.24) is 4.98 Å². The number of fused-ring (bicyclic) bond motifs is 1. The topological polar surface area (TPSA) is 34.1 Å². The van der Waals surface area contributed by atoms with E-state index >= 15 is 0 Å². The number of benzene rings is 1. The lowest BCUT2D eigenvalue weighted by Gasteiger charge is -2.16. The molecule has 2 rings (SSSR count). The van der Waals surface area contributed by atoms with Crippen LogP contribution in [0.3, 0.4) is 0 Å². The highest BCUT2D eigenvalue weighted by atomic mass is 35.5. The van der Waals surface area contributed by atoms with Crippen LogP contribution in [0.2, 0.25) is 5.02 Å². The molecule has 1 aromatic carbocycles. The van der Waals surface area contributed by atoms with E-state index in [1.807, 2.05) is 19.2 Å². The third-order valence-electron chi connectivity index (χ3n) is 3.20. The maximum Gasteiger partial charge on any atom is 0.130 e. The van der Waals surface area contributed by atoms with Gasteiger partial charge in [-0.1, -0.05) is 18.5 Å². The van der Waals surface area contributed by atoms with Crippen molar-refractivity contribution in [3.05, 3.63) is 28.4 Å². The minimum absolute atomic E-state index is 0.650. The molecule has 0 unspecified atom stereocenters. The summed E-state index contributed by atoms with van der Waals surface area (Å²) in [5, 5.41) is 4.83. The molecule has 4 heteroatoms. The number of aryl methyl sites for hydroxylation is 1. The maximum atomic E-state index is 6.25. The summed E-state index contributed by atoms with van der Waals surface area (Å²) >= 11 is 6.25. The summed E-state index contributed by atoms with van der Waals surface area (Å²) in [5.74, 6) is 0.789. The molecule has 0 fully saturated rings. The van der Waals surface area contributed by atoms with Gasteiger partial charge in [0.1, 0.15) is 5.75 Å². The van der Waals surface area contributed by atoms with E-state index in [1.165, 1.54) is 0 Å². The molecule has 0 atom stereocenters. The number of hydrogen-bond acceptors (Lipinski definition) is 3. The largest absolute Gasteiger partial charge is 0.496 e. The molecule has 1 aromatic heterocycles. The van der Waals surface area contributed by atoms with E-state index in [2.05, 4.69) is 24.1 Å². The fraction of sp³-hybridized carbons (Fsp3) is 0.357. The van der Waals surface area contributed by atoms with E-state index in [0.717, 1.165) is 40.0 Å². The summed E-state index contributed by atoms with van der Waals surface area (Å²) in [5.41, 5.74) is 4.04. The zero-order chi connectivity index (χ0) is 13.3. The Labute approximate surface area is 112 Å². The number of anilines is 1. The predicted octanol–water partition coefficient (Wildman–Crippen LogP) is 3.81. The Morgan fingerprint density at radius 2 is 2.11 bits per heavy atom. The average Bonchev–Trinajstić information content (AvgIpc) is 2.39. The van der Waals surface area contributed by atoms with Crippen LogP contribution in [0, 0.1) is 6.92 Å². The van der Waals surface area contributed by atoms with Gasteiger partial charge in [-0.25, -0.2) is 0 Å². The van der Waals surface area contributed by atoms with Crippen molar-refractivity contribution in [2.75, 3.05) is 19.5 Å². The van der Waals surface area contributed by atoms with Gasteiger partial charge in [0, 0.05) is 12.7 Å². The van der Waals surface area contributed by atoms with E-state index in [-0.39, 0.29) is 0 Å². The second-order valence-electron chi connectivity index (χ2n) is 4.14. The van der Waals surface area contributed by atoms with Crippen molar-refractivity contribution in [1.29, 1.82) is 0 Å². The summed E-state index contributed by atoms with van der Waals surface area (Å²) in [6.45, 7) is 4.16. The summed E-state index contributed by atoms with van der Waals surface area (Å²) in [7, 11) is 3.56. The SMILES string of the molecule is CCc1nc2c(Cl)ccc(OC)c2c(NC)c1C. The van der Waals surface area contributed by atoms with Gasteiger partial charge in [0.2, 0.25) is 0 Å². The summed E-state index contributed by atoms with van der Waals surface area (Å²) in [4.78, 5) is 4.66. The first kappa shape index (κ1) is 13.0. The molecular weight excluding hydrogens is 248 g/mol. The standard InChI is InChI=1S/C14H17ClN2O/c1-5-10-8(2)13(16-3)12-11(18-4)7-6-9(15)14(12)17-10/h6-7H,5H2,1-4H3,(H,16,17). The number of ether oxygens (including phenoxy) is 1. The summed E-state index contributed by atoms with van der Waals surface area (Å²) < 4.78 is 5.41. The maximum absolute atomic E-state index is 6.25. The van der Waals surface area contributed by atoms with E-state index in [0.29, 0.717) is 5.02 Å². The number of pyridine rings is 1. The molecule has 0 aliphatic rings. The summed E-state index contributed by atoms with van der Waals surface area (Å²) in [6.07, 6.45) is 0.879. The Balaban J connectivity index is 2.96. The molecule has 0 saturated carbocycles. The molecule has 0 aliphatic carbocycles. The van der Waals surface area contributed by atoms with Crippen LogP contribution in [-0.4, -0.2) is 19.1 Å². The van der Waals surface area contributed by atoms with E-state index in [9.17, 15) is 0 Å². The van der Waals surface area contributed by atoms with Gasteiger partial charge in [0.05, 0.1) is 28.7 Å². The number of halogens is 1. The van der Waals surface area contributed by atoms with Crippen LogP contribution >= 0.6 is 11.6 Å². The Hall–Kier alpha value is -1.48. The molecule has 18 heavy (non-hydrogen) atoms. The van der Waals surface area contributed by atoms with E-state index in [1.54, 1.807) is 7.11 Å². The molecule has 3 nitrogen and oxygen atoms in total. The van der Waals surface area contributed by atoms with Crippen LogP contribution in [0.4, 0.5) is 5.69 Å². The second-order valence-corrected chi connectivity index (χ2v) is 4.54. The number of aromatic nitrogens is 1.